The van der Waals surface area contributed by atoms with Gasteiger partial charge in [0.15, 0.2) is 0 Å². The summed E-state index contributed by atoms with van der Waals surface area (Å²) in [6, 6.07) is 8.11. The highest BCUT2D eigenvalue weighted by Gasteiger charge is 2.16. The summed E-state index contributed by atoms with van der Waals surface area (Å²) in [6.07, 6.45) is 0.886. The van der Waals surface area contributed by atoms with Crippen LogP contribution in [0.3, 0.4) is 0 Å². The zero-order valence-electron chi connectivity index (χ0n) is 15.7. The Morgan fingerprint density at radius 2 is 1.63 bits per heavy atom. The van der Waals surface area contributed by atoms with Crippen LogP contribution < -0.4 is 16.2 Å². The maximum Gasteiger partial charge on any atom is 0.407 e. The number of aryl methyl sites for hydroxylation is 1. The molecule has 0 saturated heterocycles. The quantitative estimate of drug-likeness (QED) is 0.714. The molecular formula is C19H23N3O5. The van der Waals surface area contributed by atoms with E-state index in [0.717, 1.165) is 5.56 Å². The Hall–Kier alpha value is -3.29. The Kier molecular flexibility index (Phi) is 6.23. The minimum Gasteiger partial charge on any atom is -0.469 e. The largest absolute Gasteiger partial charge is 0.469 e. The van der Waals surface area contributed by atoms with Gasteiger partial charge in [-0.3, -0.25) is 20.4 Å². The summed E-state index contributed by atoms with van der Waals surface area (Å²) in [6.45, 7) is 7.28. The third-order valence-corrected chi connectivity index (χ3v) is 3.44. The molecule has 0 radical (unpaired) electrons. The maximum atomic E-state index is 12.1. The average Bonchev–Trinajstić information content (AvgIpc) is 3.02. The Bertz CT molecular complexity index is 819. The summed E-state index contributed by atoms with van der Waals surface area (Å²) in [7, 11) is 0. The van der Waals surface area contributed by atoms with Gasteiger partial charge in [-0.2, -0.15) is 0 Å². The normalized spacial score (nSPS) is 10.8. The molecule has 144 valence electrons. The molecule has 1 aromatic heterocycles. The second-order valence-corrected chi connectivity index (χ2v) is 6.85. The number of amides is 3. The Morgan fingerprint density at radius 3 is 2.19 bits per heavy atom. The fourth-order valence-corrected chi connectivity index (χ4v) is 2.14. The highest BCUT2D eigenvalue weighted by atomic mass is 16.6. The van der Waals surface area contributed by atoms with E-state index in [1.165, 1.54) is 12.3 Å². The lowest BCUT2D eigenvalue weighted by Crippen LogP contribution is -2.41. The number of hydrogen-bond acceptors (Lipinski definition) is 5. The van der Waals surface area contributed by atoms with Crippen molar-refractivity contribution in [2.45, 2.75) is 39.8 Å². The van der Waals surface area contributed by atoms with Crippen molar-refractivity contribution in [3.8, 4) is 0 Å². The Balaban J connectivity index is 1.83. The topological polar surface area (TPSA) is 110 Å². The van der Waals surface area contributed by atoms with Gasteiger partial charge in [-0.25, -0.2) is 4.79 Å². The minimum absolute atomic E-state index is 0.271. The van der Waals surface area contributed by atoms with Crippen LogP contribution in [-0.4, -0.2) is 23.5 Å². The molecule has 27 heavy (non-hydrogen) atoms. The number of nitrogens with one attached hydrogen (secondary N) is 3. The molecule has 8 nitrogen and oxygen atoms in total. The van der Waals surface area contributed by atoms with Crippen molar-refractivity contribution < 1.29 is 23.5 Å². The number of hydrogen-bond donors (Lipinski definition) is 3. The van der Waals surface area contributed by atoms with Crippen LogP contribution >= 0.6 is 0 Å². The van der Waals surface area contributed by atoms with Crippen LogP contribution in [0.5, 0.6) is 0 Å². The van der Waals surface area contributed by atoms with Crippen molar-refractivity contribution in [1.82, 2.24) is 16.2 Å². The van der Waals surface area contributed by atoms with Crippen LogP contribution in [-0.2, 0) is 11.3 Å². The van der Waals surface area contributed by atoms with Gasteiger partial charge in [0.2, 0.25) is 0 Å². The first-order valence-corrected chi connectivity index (χ1v) is 8.36. The summed E-state index contributed by atoms with van der Waals surface area (Å²) >= 11 is 0. The third-order valence-electron chi connectivity index (χ3n) is 3.44. The summed E-state index contributed by atoms with van der Waals surface area (Å²) in [5.41, 5.74) is 5.61. The molecule has 0 aliphatic rings. The van der Waals surface area contributed by atoms with E-state index in [1.54, 1.807) is 52.0 Å². The van der Waals surface area contributed by atoms with Gasteiger partial charge in [0, 0.05) is 12.1 Å². The van der Waals surface area contributed by atoms with E-state index >= 15 is 0 Å². The van der Waals surface area contributed by atoms with Crippen molar-refractivity contribution >= 4 is 17.9 Å². The number of ether oxygens (including phenoxy) is 1. The molecule has 0 bridgehead atoms. The van der Waals surface area contributed by atoms with Gasteiger partial charge in [-0.15, -0.1) is 0 Å². The molecule has 0 atom stereocenters. The second kappa shape index (κ2) is 8.39. The van der Waals surface area contributed by atoms with Crippen LogP contribution in [0.2, 0.25) is 0 Å². The van der Waals surface area contributed by atoms with Gasteiger partial charge in [0.05, 0.1) is 11.8 Å². The zero-order chi connectivity index (χ0) is 20.0. The molecule has 0 spiro atoms. The standard InChI is InChI=1S/C19H23N3O5/c1-12-15(9-10-26-12)17(24)22-21-16(23)14-7-5-13(6-8-14)11-20-18(25)27-19(2,3)4/h5-10H,11H2,1-4H3,(H,20,25)(H,21,23)(H,22,24). The number of alkyl carbamates (subject to hydrolysis) is 1. The minimum atomic E-state index is -0.564. The van der Waals surface area contributed by atoms with E-state index < -0.39 is 23.5 Å². The van der Waals surface area contributed by atoms with E-state index in [0.29, 0.717) is 16.9 Å². The molecular weight excluding hydrogens is 350 g/mol. The first kappa shape index (κ1) is 20.0. The van der Waals surface area contributed by atoms with E-state index in [-0.39, 0.29) is 6.54 Å². The number of carbonyl (C=O) groups excluding carboxylic acids is 3. The molecule has 8 heteroatoms. The molecule has 0 saturated carbocycles. The van der Waals surface area contributed by atoms with E-state index in [9.17, 15) is 14.4 Å². The molecule has 1 heterocycles. The maximum absolute atomic E-state index is 12.1. The molecule has 1 aromatic carbocycles. The lowest BCUT2D eigenvalue weighted by atomic mass is 10.1. The molecule has 3 amide bonds. The van der Waals surface area contributed by atoms with Gasteiger partial charge >= 0.3 is 6.09 Å². The molecule has 2 rings (SSSR count). The highest BCUT2D eigenvalue weighted by molar-refractivity contribution is 5.99. The van der Waals surface area contributed by atoms with Gasteiger partial charge < -0.3 is 14.5 Å². The van der Waals surface area contributed by atoms with Crippen molar-refractivity contribution in [1.29, 1.82) is 0 Å². The predicted molar refractivity (Wildman–Crippen MR) is 97.9 cm³/mol. The van der Waals surface area contributed by atoms with Gasteiger partial charge in [-0.05, 0) is 51.5 Å². The molecule has 0 aliphatic heterocycles. The summed E-state index contributed by atoms with van der Waals surface area (Å²) in [5.74, 6) is -0.465. The number of rotatable bonds is 4. The molecule has 0 fully saturated rings. The zero-order valence-corrected chi connectivity index (χ0v) is 15.7. The van der Waals surface area contributed by atoms with Crippen molar-refractivity contribution in [2.24, 2.45) is 0 Å². The lowest BCUT2D eigenvalue weighted by Gasteiger charge is -2.19. The third kappa shape index (κ3) is 6.18. The summed E-state index contributed by atoms with van der Waals surface area (Å²) < 4.78 is 10.2. The summed E-state index contributed by atoms with van der Waals surface area (Å²) in [5, 5.41) is 2.64. The fraction of sp³-hybridized carbons (Fsp3) is 0.316. The SMILES string of the molecule is Cc1occc1C(=O)NNC(=O)c1ccc(CNC(=O)OC(C)(C)C)cc1. The van der Waals surface area contributed by atoms with Crippen LogP contribution in [0.1, 0.15) is 52.8 Å². The number of hydrazine groups is 1. The van der Waals surface area contributed by atoms with Gasteiger partial charge in [0.25, 0.3) is 11.8 Å². The van der Waals surface area contributed by atoms with Crippen LogP contribution in [0.15, 0.2) is 41.0 Å². The lowest BCUT2D eigenvalue weighted by molar-refractivity contribution is 0.0523. The molecule has 3 N–H and O–H groups in total. The van der Waals surface area contributed by atoms with Crippen LogP contribution in [0.4, 0.5) is 4.79 Å². The monoisotopic (exact) mass is 373 g/mol. The number of benzene rings is 1. The molecule has 0 unspecified atom stereocenters. The Morgan fingerprint density at radius 1 is 1.00 bits per heavy atom. The Labute approximate surface area is 157 Å². The van der Waals surface area contributed by atoms with Crippen molar-refractivity contribution in [3.63, 3.8) is 0 Å². The highest BCUT2D eigenvalue weighted by Crippen LogP contribution is 2.09. The van der Waals surface area contributed by atoms with Crippen LogP contribution in [0.25, 0.3) is 0 Å². The predicted octanol–water partition coefficient (Wildman–Crippen LogP) is 2.69. The fourth-order valence-electron chi connectivity index (χ4n) is 2.14. The van der Waals surface area contributed by atoms with E-state index in [2.05, 4.69) is 16.2 Å². The van der Waals surface area contributed by atoms with Crippen LogP contribution in [0, 0.1) is 6.92 Å². The van der Waals surface area contributed by atoms with E-state index in [4.69, 9.17) is 9.15 Å². The van der Waals surface area contributed by atoms with E-state index in [1.807, 2.05) is 0 Å². The first-order chi connectivity index (χ1) is 12.7. The van der Waals surface area contributed by atoms with Crippen molar-refractivity contribution in [2.75, 3.05) is 0 Å². The van der Waals surface area contributed by atoms with Gasteiger partial charge in [-0.1, -0.05) is 12.1 Å². The van der Waals surface area contributed by atoms with Gasteiger partial charge in [0.1, 0.15) is 11.4 Å². The first-order valence-electron chi connectivity index (χ1n) is 8.36. The molecule has 2 aromatic rings. The number of furan rings is 1. The smallest absolute Gasteiger partial charge is 0.407 e. The average molecular weight is 373 g/mol. The second-order valence-electron chi connectivity index (χ2n) is 6.85. The summed E-state index contributed by atoms with van der Waals surface area (Å²) in [4.78, 5) is 35.7. The molecule has 0 aliphatic carbocycles. The van der Waals surface area contributed by atoms with Crippen molar-refractivity contribution in [3.05, 3.63) is 59.0 Å². The number of carbonyl (C=O) groups is 3.